The molecule has 1 saturated heterocycles. The Bertz CT molecular complexity index is 711. The highest BCUT2D eigenvalue weighted by molar-refractivity contribution is 6.09. The van der Waals surface area contributed by atoms with E-state index in [2.05, 4.69) is 5.32 Å². The van der Waals surface area contributed by atoms with E-state index in [1.807, 2.05) is 31.2 Å². The van der Waals surface area contributed by atoms with Crippen molar-refractivity contribution >= 4 is 30.3 Å². The van der Waals surface area contributed by atoms with Crippen molar-refractivity contribution in [2.45, 2.75) is 31.3 Å². The minimum atomic E-state index is -1.02. The lowest BCUT2D eigenvalue weighted by Crippen LogP contribution is -2.47. The van der Waals surface area contributed by atoms with Gasteiger partial charge in [0.25, 0.3) is 5.91 Å². The van der Waals surface area contributed by atoms with Gasteiger partial charge in [-0.05, 0) is 30.9 Å². The topological polar surface area (TPSA) is 95.7 Å². The summed E-state index contributed by atoms with van der Waals surface area (Å²) in [6.07, 6.45) is 1.25. The van der Waals surface area contributed by atoms with E-state index in [1.165, 1.54) is 4.90 Å². The Kier molecular flexibility index (Phi) is 5.39. The van der Waals surface area contributed by atoms with Gasteiger partial charge < -0.3 is 16.0 Å². The minimum Gasteiger partial charge on any atom is -0.340 e. The summed E-state index contributed by atoms with van der Waals surface area (Å²) in [4.78, 5) is 40.1. The Morgan fingerprint density at radius 1 is 1.40 bits per heavy atom. The van der Waals surface area contributed by atoms with E-state index in [9.17, 15) is 14.4 Å². The first-order valence-corrected chi connectivity index (χ1v) is 8.09. The zero-order chi connectivity index (χ0) is 17.5. The summed E-state index contributed by atoms with van der Waals surface area (Å²) in [6, 6.07) is 6.94. The van der Waals surface area contributed by atoms with Crippen LogP contribution in [0.25, 0.3) is 0 Å². The molecule has 2 unspecified atom stereocenters. The van der Waals surface area contributed by atoms with Crippen molar-refractivity contribution in [2.75, 3.05) is 20.1 Å². The molecule has 3 rings (SSSR count). The lowest BCUT2D eigenvalue weighted by atomic mass is 9.92. The lowest BCUT2D eigenvalue weighted by molar-refractivity contribution is -0.139. The number of carbonyl (C=O) groups is 3. The van der Waals surface area contributed by atoms with Crippen LogP contribution in [0.3, 0.4) is 0 Å². The molecule has 1 fully saturated rings. The van der Waals surface area contributed by atoms with E-state index in [0.29, 0.717) is 13.0 Å². The van der Waals surface area contributed by atoms with E-state index in [-0.39, 0.29) is 36.8 Å². The molecule has 1 aromatic carbocycles. The SMILES string of the molecule is CC(CN)N(C)C(=O)CN1C(=O)NC2(CCc3ccccc32)C1=O.Cl. The zero-order valence-electron chi connectivity index (χ0n) is 14.3. The first kappa shape index (κ1) is 19.2. The van der Waals surface area contributed by atoms with Crippen molar-refractivity contribution in [3.8, 4) is 0 Å². The third-order valence-corrected chi connectivity index (χ3v) is 5.11. The first-order valence-electron chi connectivity index (χ1n) is 8.09. The monoisotopic (exact) mass is 366 g/mol. The van der Waals surface area contributed by atoms with Crippen LogP contribution in [-0.2, 0) is 21.5 Å². The fraction of sp³-hybridized carbons (Fsp3) is 0.471. The predicted molar refractivity (Wildman–Crippen MR) is 95.2 cm³/mol. The van der Waals surface area contributed by atoms with Gasteiger partial charge in [0.05, 0.1) is 0 Å². The van der Waals surface area contributed by atoms with E-state index < -0.39 is 11.6 Å². The maximum atomic E-state index is 12.9. The summed E-state index contributed by atoms with van der Waals surface area (Å²) in [5.41, 5.74) is 6.44. The number of urea groups is 1. The normalized spacial score (nSPS) is 22.4. The van der Waals surface area contributed by atoms with Crippen LogP contribution < -0.4 is 11.1 Å². The van der Waals surface area contributed by atoms with Gasteiger partial charge in [0.1, 0.15) is 12.1 Å². The summed E-state index contributed by atoms with van der Waals surface area (Å²) in [5, 5.41) is 2.81. The Morgan fingerprint density at radius 3 is 2.76 bits per heavy atom. The van der Waals surface area contributed by atoms with Crippen LogP contribution in [0.4, 0.5) is 4.79 Å². The number of nitrogens with zero attached hydrogens (tertiary/aromatic N) is 2. The van der Waals surface area contributed by atoms with Crippen LogP contribution in [0.5, 0.6) is 0 Å². The molecule has 1 spiro atoms. The Balaban J connectivity index is 0.00000225. The van der Waals surface area contributed by atoms with Gasteiger partial charge in [0, 0.05) is 19.6 Å². The highest BCUT2D eigenvalue weighted by atomic mass is 35.5. The van der Waals surface area contributed by atoms with Gasteiger partial charge in [0.2, 0.25) is 5.91 Å². The molecule has 8 heteroatoms. The second kappa shape index (κ2) is 7.01. The molecule has 1 aliphatic carbocycles. The average Bonchev–Trinajstić information content (AvgIpc) is 3.07. The maximum absolute atomic E-state index is 12.9. The molecule has 0 radical (unpaired) electrons. The number of likely N-dealkylation sites (N-methyl/N-ethyl adjacent to an activating group) is 1. The number of nitrogens with two attached hydrogens (primary N) is 1. The molecule has 2 atom stereocenters. The molecule has 1 heterocycles. The minimum absolute atomic E-state index is 0. The van der Waals surface area contributed by atoms with Crippen LogP contribution in [0.1, 0.15) is 24.5 Å². The average molecular weight is 367 g/mol. The third kappa shape index (κ3) is 2.98. The zero-order valence-corrected chi connectivity index (χ0v) is 15.1. The van der Waals surface area contributed by atoms with Crippen molar-refractivity contribution in [3.05, 3.63) is 35.4 Å². The summed E-state index contributed by atoms with van der Waals surface area (Å²) >= 11 is 0. The van der Waals surface area contributed by atoms with Crippen LogP contribution in [-0.4, -0.2) is 53.8 Å². The molecule has 1 aliphatic heterocycles. The molecular formula is C17H23ClN4O3. The number of hydrogen-bond donors (Lipinski definition) is 2. The number of aryl methyl sites for hydroxylation is 1. The van der Waals surface area contributed by atoms with Crippen LogP contribution in [0.2, 0.25) is 0 Å². The van der Waals surface area contributed by atoms with Gasteiger partial charge in [0.15, 0.2) is 0 Å². The standard InChI is InChI=1S/C17H22N4O3.ClH/c1-11(9-18)20(2)14(22)10-21-15(23)17(19-16(21)24)8-7-12-5-3-4-6-13(12)17;/h3-6,11H,7-10,18H2,1-2H3,(H,19,24);1H. The molecule has 2 aliphatic rings. The summed E-state index contributed by atoms with van der Waals surface area (Å²) in [6.45, 7) is 1.87. The van der Waals surface area contributed by atoms with Crippen molar-refractivity contribution in [2.24, 2.45) is 5.73 Å². The molecule has 3 N–H and O–H groups in total. The van der Waals surface area contributed by atoms with Crippen molar-refractivity contribution in [1.82, 2.24) is 15.1 Å². The van der Waals surface area contributed by atoms with E-state index in [1.54, 1.807) is 7.05 Å². The van der Waals surface area contributed by atoms with Crippen LogP contribution >= 0.6 is 12.4 Å². The van der Waals surface area contributed by atoms with Gasteiger partial charge in [-0.2, -0.15) is 0 Å². The number of hydrogen-bond acceptors (Lipinski definition) is 4. The number of nitrogens with one attached hydrogen (secondary N) is 1. The fourth-order valence-electron chi connectivity index (χ4n) is 3.38. The molecule has 0 saturated carbocycles. The number of fused-ring (bicyclic) bond motifs is 2. The molecule has 25 heavy (non-hydrogen) atoms. The summed E-state index contributed by atoms with van der Waals surface area (Å²) in [5.74, 6) is -0.653. The van der Waals surface area contributed by atoms with Crippen molar-refractivity contribution in [3.63, 3.8) is 0 Å². The fourth-order valence-corrected chi connectivity index (χ4v) is 3.38. The van der Waals surface area contributed by atoms with E-state index in [0.717, 1.165) is 22.4 Å². The number of carbonyl (C=O) groups excluding carboxylic acids is 3. The Labute approximate surface area is 152 Å². The number of rotatable bonds is 4. The van der Waals surface area contributed by atoms with E-state index >= 15 is 0 Å². The lowest BCUT2D eigenvalue weighted by Gasteiger charge is -2.26. The van der Waals surface area contributed by atoms with Gasteiger partial charge in [-0.15, -0.1) is 12.4 Å². The maximum Gasteiger partial charge on any atom is 0.325 e. The summed E-state index contributed by atoms with van der Waals surface area (Å²) in [7, 11) is 1.62. The molecule has 1 aromatic rings. The highest BCUT2D eigenvalue weighted by Gasteiger charge is 2.55. The number of amides is 4. The van der Waals surface area contributed by atoms with E-state index in [4.69, 9.17) is 5.73 Å². The molecular weight excluding hydrogens is 344 g/mol. The van der Waals surface area contributed by atoms with Gasteiger partial charge >= 0.3 is 6.03 Å². The first-order chi connectivity index (χ1) is 11.4. The van der Waals surface area contributed by atoms with Crippen molar-refractivity contribution < 1.29 is 14.4 Å². The second-order valence-corrected chi connectivity index (χ2v) is 6.47. The molecule has 0 aromatic heterocycles. The Morgan fingerprint density at radius 2 is 2.08 bits per heavy atom. The molecule has 4 amide bonds. The number of imide groups is 1. The van der Waals surface area contributed by atoms with Gasteiger partial charge in [-0.1, -0.05) is 24.3 Å². The van der Waals surface area contributed by atoms with Crippen LogP contribution in [0, 0.1) is 0 Å². The number of benzene rings is 1. The second-order valence-electron chi connectivity index (χ2n) is 6.47. The molecule has 7 nitrogen and oxygen atoms in total. The van der Waals surface area contributed by atoms with Crippen molar-refractivity contribution in [1.29, 1.82) is 0 Å². The van der Waals surface area contributed by atoms with Gasteiger partial charge in [-0.25, -0.2) is 4.79 Å². The Hall–Kier alpha value is -2.12. The van der Waals surface area contributed by atoms with Crippen LogP contribution in [0.15, 0.2) is 24.3 Å². The number of halogens is 1. The quantitative estimate of drug-likeness (QED) is 0.763. The smallest absolute Gasteiger partial charge is 0.325 e. The largest absolute Gasteiger partial charge is 0.340 e. The van der Waals surface area contributed by atoms with Gasteiger partial charge in [-0.3, -0.25) is 14.5 Å². The predicted octanol–water partition coefficient (Wildman–Crippen LogP) is 0.607. The molecule has 136 valence electrons. The third-order valence-electron chi connectivity index (χ3n) is 5.11. The summed E-state index contributed by atoms with van der Waals surface area (Å²) < 4.78 is 0. The molecule has 0 bridgehead atoms. The highest BCUT2D eigenvalue weighted by Crippen LogP contribution is 2.41.